The van der Waals surface area contributed by atoms with Crippen molar-refractivity contribution in [1.82, 2.24) is 14.9 Å². The fraction of sp³-hybridized carbons (Fsp3) is 0.222. The van der Waals surface area contributed by atoms with Gasteiger partial charge in [0, 0.05) is 6.54 Å². The molecule has 124 valence electrons. The van der Waals surface area contributed by atoms with Gasteiger partial charge in [0.05, 0.1) is 29.2 Å². The van der Waals surface area contributed by atoms with Crippen molar-refractivity contribution in [2.75, 3.05) is 6.61 Å². The Kier molecular flexibility index (Phi) is 5.33. The van der Waals surface area contributed by atoms with Crippen LogP contribution in [-0.4, -0.2) is 22.6 Å². The molecule has 1 amide bonds. The van der Waals surface area contributed by atoms with Gasteiger partial charge in [0.25, 0.3) is 0 Å². The average Bonchev–Trinajstić information content (AvgIpc) is 2.96. The van der Waals surface area contributed by atoms with Gasteiger partial charge in [-0.25, -0.2) is 4.98 Å². The molecule has 0 bridgehead atoms. The Morgan fingerprint density at radius 2 is 1.96 bits per heavy atom. The van der Waals surface area contributed by atoms with Crippen LogP contribution in [-0.2, 0) is 17.9 Å². The van der Waals surface area contributed by atoms with Crippen LogP contribution in [0.3, 0.4) is 0 Å². The van der Waals surface area contributed by atoms with Gasteiger partial charge >= 0.3 is 0 Å². The van der Waals surface area contributed by atoms with E-state index in [1.807, 2.05) is 48.5 Å². The third-order valence-corrected chi connectivity index (χ3v) is 4.01. The van der Waals surface area contributed by atoms with E-state index in [0.29, 0.717) is 30.3 Å². The first kappa shape index (κ1) is 16.3. The fourth-order valence-corrected chi connectivity index (χ4v) is 2.80. The highest BCUT2D eigenvalue weighted by molar-refractivity contribution is 6.32. The third-order valence-electron chi connectivity index (χ3n) is 3.70. The highest BCUT2D eigenvalue weighted by atomic mass is 35.5. The number of aryl methyl sites for hydroxylation is 1. The SMILES string of the molecule is O=CNCc1nc2ccccc2n1CCCOc1ccccc1Cl. The highest BCUT2D eigenvalue weighted by Crippen LogP contribution is 2.23. The molecule has 0 saturated heterocycles. The van der Waals surface area contributed by atoms with E-state index in [1.54, 1.807) is 0 Å². The second-order valence-electron chi connectivity index (χ2n) is 5.30. The number of amides is 1. The van der Waals surface area contributed by atoms with Crippen LogP contribution in [0.25, 0.3) is 11.0 Å². The second-order valence-corrected chi connectivity index (χ2v) is 5.71. The summed E-state index contributed by atoms with van der Waals surface area (Å²) in [6, 6.07) is 15.4. The Balaban J connectivity index is 1.67. The number of carbonyl (C=O) groups is 1. The molecule has 0 atom stereocenters. The molecule has 0 aliphatic heterocycles. The lowest BCUT2D eigenvalue weighted by Crippen LogP contribution is -2.16. The van der Waals surface area contributed by atoms with Crippen molar-refractivity contribution in [2.24, 2.45) is 0 Å². The maximum atomic E-state index is 10.6. The minimum Gasteiger partial charge on any atom is -0.492 e. The van der Waals surface area contributed by atoms with Gasteiger partial charge in [0.1, 0.15) is 11.6 Å². The van der Waals surface area contributed by atoms with E-state index in [-0.39, 0.29) is 0 Å². The summed E-state index contributed by atoms with van der Waals surface area (Å²) in [5, 5.41) is 3.29. The molecular formula is C18H18ClN3O2. The van der Waals surface area contributed by atoms with Crippen molar-refractivity contribution in [3.05, 3.63) is 59.4 Å². The third kappa shape index (κ3) is 3.68. The molecule has 3 aromatic rings. The van der Waals surface area contributed by atoms with Crippen LogP contribution in [0, 0.1) is 0 Å². The lowest BCUT2D eigenvalue weighted by Gasteiger charge is -2.11. The Bertz CT molecular complexity index is 832. The Morgan fingerprint density at radius 3 is 2.79 bits per heavy atom. The fourth-order valence-electron chi connectivity index (χ4n) is 2.61. The molecule has 1 aromatic heterocycles. The number of fused-ring (bicyclic) bond motifs is 1. The molecule has 3 rings (SSSR count). The van der Waals surface area contributed by atoms with Crippen molar-refractivity contribution in [1.29, 1.82) is 0 Å². The van der Waals surface area contributed by atoms with E-state index in [4.69, 9.17) is 16.3 Å². The first-order valence-corrected chi connectivity index (χ1v) is 8.16. The number of ether oxygens (including phenoxy) is 1. The molecule has 0 aliphatic carbocycles. The van der Waals surface area contributed by atoms with Gasteiger partial charge in [-0.2, -0.15) is 0 Å². The van der Waals surface area contributed by atoms with Crippen LogP contribution in [0.15, 0.2) is 48.5 Å². The first-order chi connectivity index (χ1) is 11.8. The van der Waals surface area contributed by atoms with E-state index in [9.17, 15) is 4.79 Å². The van der Waals surface area contributed by atoms with Crippen LogP contribution in [0.2, 0.25) is 5.02 Å². The van der Waals surface area contributed by atoms with E-state index < -0.39 is 0 Å². The van der Waals surface area contributed by atoms with Crippen LogP contribution in [0.5, 0.6) is 5.75 Å². The molecule has 0 unspecified atom stereocenters. The smallest absolute Gasteiger partial charge is 0.207 e. The van der Waals surface area contributed by atoms with Gasteiger partial charge < -0.3 is 14.6 Å². The Hall–Kier alpha value is -2.53. The van der Waals surface area contributed by atoms with Crippen molar-refractivity contribution < 1.29 is 9.53 Å². The molecule has 24 heavy (non-hydrogen) atoms. The van der Waals surface area contributed by atoms with E-state index in [2.05, 4.69) is 14.9 Å². The number of para-hydroxylation sites is 3. The second kappa shape index (κ2) is 7.84. The molecule has 0 fully saturated rings. The summed E-state index contributed by atoms with van der Waals surface area (Å²) in [5.74, 6) is 1.53. The summed E-state index contributed by atoms with van der Waals surface area (Å²) in [6.07, 6.45) is 1.49. The highest BCUT2D eigenvalue weighted by Gasteiger charge is 2.10. The maximum absolute atomic E-state index is 10.6. The molecular weight excluding hydrogens is 326 g/mol. The molecule has 1 N–H and O–H groups in total. The average molecular weight is 344 g/mol. The zero-order chi connectivity index (χ0) is 16.8. The van der Waals surface area contributed by atoms with Crippen molar-refractivity contribution >= 4 is 29.0 Å². The van der Waals surface area contributed by atoms with Gasteiger partial charge in [-0.3, -0.25) is 4.79 Å². The standard InChI is InChI=1S/C18H18ClN3O2/c19-14-6-1-4-9-17(14)24-11-5-10-22-16-8-3-2-7-15(16)21-18(22)12-20-13-23/h1-4,6-9,13H,5,10-12H2,(H,20,23). The van der Waals surface area contributed by atoms with Crippen molar-refractivity contribution in [3.8, 4) is 5.75 Å². The van der Waals surface area contributed by atoms with Gasteiger partial charge in [0.15, 0.2) is 0 Å². The summed E-state index contributed by atoms with van der Waals surface area (Å²) in [6.45, 7) is 1.71. The summed E-state index contributed by atoms with van der Waals surface area (Å²) in [7, 11) is 0. The summed E-state index contributed by atoms with van der Waals surface area (Å²) in [5.41, 5.74) is 1.98. The number of carbonyl (C=O) groups excluding carboxylic acids is 1. The van der Waals surface area contributed by atoms with Crippen LogP contribution >= 0.6 is 11.6 Å². The number of rotatable bonds is 8. The first-order valence-electron chi connectivity index (χ1n) is 7.78. The molecule has 0 spiro atoms. The van der Waals surface area contributed by atoms with Gasteiger partial charge in [0.2, 0.25) is 6.41 Å². The van der Waals surface area contributed by atoms with Gasteiger partial charge in [-0.15, -0.1) is 0 Å². The lowest BCUT2D eigenvalue weighted by atomic mass is 10.3. The predicted molar refractivity (Wildman–Crippen MR) is 94.2 cm³/mol. The van der Waals surface area contributed by atoms with E-state index in [0.717, 1.165) is 29.8 Å². The molecule has 2 aromatic carbocycles. The summed E-state index contributed by atoms with van der Waals surface area (Å²) in [4.78, 5) is 15.2. The molecule has 6 heteroatoms. The molecule has 0 saturated carbocycles. The lowest BCUT2D eigenvalue weighted by molar-refractivity contribution is -0.109. The summed E-state index contributed by atoms with van der Waals surface area (Å²) >= 11 is 6.08. The van der Waals surface area contributed by atoms with Crippen molar-refractivity contribution in [3.63, 3.8) is 0 Å². The number of hydrogen-bond acceptors (Lipinski definition) is 3. The predicted octanol–water partition coefficient (Wildman–Crippen LogP) is 3.40. The Labute approximate surface area is 145 Å². The number of hydrogen-bond donors (Lipinski definition) is 1. The number of nitrogens with zero attached hydrogens (tertiary/aromatic N) is 2. The molecule has 0 aliphatic rings. The minimum absolute atomic E-state index is 0.406. The zero-order valence-electron chi connectivity index (χ0n) is 13.1. The zero-order valence-corrected chi connectivity index (χ0v) is 13.9. The van der Waals surface area contributed by atoms with Crippen LogP contribution < -0.4 is 10.1 Å². The quantitative estimate of drug-likeness (QED) is 0.503. The van der Waals surface area contributed by atoms with Crippen LogP contribution in [0.4, 0.5) is 0 Å². The normalized spacial score (nSPS) is 10.7. The van der Waals surface area contributed by atoms with Gasteiger partial charge in [-0.1, -0.05) is 35.9 Å². The topological polar surface area (TPSA) is 56.2 Å². The van der Waals surface area contributed by atoms with E-state index >= 15 is 0 Å². The maximum Gasteiger partial charge on any atom is 0.207 e. The van der Waals surface area contributed by atoms with Gasteiger partial charge in [-0.05, 0) is 30.7 Å². The molecule has 1 heterocycles. The largest absolute Gasteiger partial charge is 0.492 e. The van der Waals surface area contributed by atoms with Crippen LogP contribution in [0.1, 0.15) is 12.2 Å². The van der Waals surface area contributed by atoms with E-state index in [1.165, 1.54) is 0 Å². The molecule has 0 radical (unpaired) electrons. The number of imidazole rings is 1. The minimum atomic E-state index is 0.406. The number of aromatic nitrogens is 2. The molecule has 5 nitrogen and oxygen atoms in total. The number of halogens is 1. The summed E-state index contributed by atoms with van der Waals surface area (Å²) < 4.78 is 7.84. The number of benzene rings is 2. The monoisotopic (exact) mass is 343 g/mol. The van der Waals surface area contributed by atoms with Crippen molar-refractivity contribution in [2.45, 2.75) is 19.5 Å². The Morgan fingerprint density at radius 1 is 1.17 bits per heavy atom. The number of nitrogens with one attached hydrogen (secondary N) is 1.